The van der Waals surface area contributed by atoms with Gasteiger partial charge in [0, 0.05) is 10.0 Å². The van der Waals surface area contributed by atoms with E-state index < -0.39 is 0 Å². The Labute approximate surface area is 87.9 Å². The molecule has 0 aliphatic rings. The van der Waals surface area contributed by atoms with Crippen molar-refractivity contribution in [3.05, 3.63) is 27.7 Å². The molecule has 0 aromatic heterocycles. The van der Waals surface area contributed by atoms with E-state index in [-0.39, 0.29) is 5.41 Å². The largest absolute Gasteiger partial charge is 0.507 e. The van der Waals surface area contributed by atoms with Gasteiger partial charge in [0.2, 0.25) is 0 Å². The fraction of sp³-hybridized carbons (Fsp3) is 0.455. The molecule has 1 rings (SSSR count). The summed E-state index contributed by atoms with van der Waals surface area (Å²) in [7, 11) is 0. The fourth-order valence-corrected chi connectivity index (χ4v) is 2.30. The monoisotopic (exact) mass is 242 g/mol. The number of hydrogen-bond donors (Lipinski definition) is 1. The molecule has 0 spiro atoms. The average molecular weight is 243 g/mol. The molecular formula is C11H15BrO. The van der Waals surface area contributed by atoms with Crippen LogP contribution in [0, 0.1) is 6.92 Å². The highest BCUT2D eigenvalue weighted by molar-refractivity contribution is 9.10. The van der Waals surface area contributed by atoms with E-state index in [1.165, 1.54) is 0 Å². The van der Waals surface area contributed by atoms with Crippen molar-refractivity contribution in [3.63, 3.8) is 0 Å². The molecular weight excluding hydrogens is 228 g/mol. The molecule has 0 fully saturated rings. The smallest absolute Gasteiger partial charge is 0.123 e. The summed E-state index contributed by atoms with van der Waals surface area (Å²) in [5, 5.41) is 9.88. The maximum absolute atomic E-state index is 9.88. The zero-order valence-electron chi connectivity index (χ0n) is 8.48. The number of halogens is 1. The van der Waals surface area contributed by atoms with Crippen molar-refractivity contribution in [1.82, 2.24) is 0 Å². The molecule has 2 heteroatoms. The van der Waals surface area contributed by atoms with Gasteiger partial charge in [0.1, 0.15) is 5.75 Å². The summed E-state index contributed by atoms with van der Waals surface area (Å²) in [6, 6.07) is 3.89. The molecule has 13 heavy (non-hydrogen) atoms. The predicted molar refractivity (Wildman–Crippen MR) is 59.2 cm³/mol. The molecule has 0 unspecified atom stereocenters. The van der Waals surface area contributed by atoms with E-state index in [1.807, 2.05) is 19.1 Å². The lowest BCUT2D eigenvalue weighted by atomic mass is 9.85. The molecule has 0 aliphatic heterocycles. The van der Waals surface area contributed by atoms with Crippen LogP contribution in [0.4, 0.5) is 0 Å². The molecule has 1 aromatic carbocycles. The summed E-state index contributed by atoms with van der Waals surface area (Å²) < 4.78 is 0.975. The number of phenols is 1. The van der Waals surface area contributed by atoms with Gasteiger partial charge in [0.15, 0.2) is 0 Å². The topological polar surface area (TPSA) is 20.2 Å². The highest BCUT2D eigenvalue weighted by Gasteiger charge is 2.21. The van der Waals surface area contributed by atoms with Crippen molar-refractivity contribution in [3.8, 4) is 5.75 Å². The number of aryl methyl sites for hydroxylation is 1. The Balaban J connectivity index is 3.43. The van der Waals surface area contributed by atoms with Crippen molar-refractivity contribution < 1.29 is 5.11 Å². The van der Waals surface area contributed by atoms with Crippen LogP contribution in [0.5, 0.6) is 5.75 Å². The van der Waals surface area contributed by atoms with Crippen molar-refractivity contribution in [2.45, 2.75) is 33.1 Å². The van der Waals surface area contributed by atoms with E-state index in [2.05, 4.69) is 36.7 Å². The lowest BCUT2D eigenvalue weighted by Crippen LogP contribution is -2.12. The summed E-state index contributed by atoms with van der Waals surface area (Å²) in [5.74, 6) is 0.405. The molecule has 0 saturated carbocycles. The van der Waals surface area contributed by atoms with Crippen molar-refractivity contribution in [1.29, 1.82) is 0 Å². The number of benzene rings is 1. The molecule has 1 aromatic rings. The van der Waals surface area contributed by atoms with Crippen LogP contribution in [-0.4, -0.2) is 5.11 Å². The van der Waals surface area contributed by atoms with Crippen LogP contribution < -0.4 is 0 Å². The van der Waals surface area contributed by atoms with Crippen LogP contribution in [-0.2, 0) is 5.41 Å². The first-order chi connectivity index (χ1) is 5.84. The third-order valence-electron chi connectivity index (χ3n) is 2.08. The molecule has 0 amide bonds. The first-order valence-electron chi connectivity index (χ1n) is 4.32. The van der Waals surface area contributed by atoms with Gasteiger partial charge >= 0.3 is 0 Å². The molecule has 1 nitrogen and oxygen atoms in total. The third-order valence-corrected chi connectivity index (χ3v) is 2.74. The molecule has 0 radical (unpaired) electrons. The van der Waals surface area contributed by atoms with E-state index >= 15 is 0 Å². The predicted octanol–water partition coefficient (Wildman–Crippen LogP) is 3.76. The second-order valence-corrected chi connectivity index (χ2v) is 5.19. The number of phenolic OH excluding ortho intramolecular Hbond substituents is 1. The molecule has 0 saturated heterocycles. The highest BCUT2D eigenvalue weighted by atomic mass is 79.9. The lowest BCUT2D eigenvalue weighted by Gasteiger charge is -2.22. The fourth-order valence-electron chi connectivity index (χ4n) is 1.38. The molecule has 72 valence electrons. The van der Waals surface area contributed by atoms with Crippen molar-refractivity contribution in [2.75, 3.05) is 0 Å². The van der Waals surface area contributed by atoms with Crippen LogP contribution in [0.3, 0.4) is 0 Å². The van der Waals surface area contributed by atoms with Crippen LogP contribution in [0.15, 0.2) is 16.6 Å². The standard InChI is InChI=1S/C11H15BrO/c1-7-5-6-8(12)9(10(7)13)11(2,3)4/h5-6,13H,1-4H3. The zero-order chi connectivity index (χ0) is 10.2. The highest BCUT2D eigenvalue weighted by Crippen LogP contribution is 2.38. The second-order valence-electron chi connectivity index (χ2n) is 4.34. The van der Waals surface area contributed by atoms with Gasteiger partial charge in [-0.05, 0) is 24.0 Å². The molecule has 0 heterocycles. The van der Waals surface area contributed by atoms with Crippen molar-refractivity contribution in [2.24, 2.45) is 0 Å². The lowest BCUT2D eigenvalue weighted by molar-refractivity contribution is 0.441. The number of hydrogen-bond acceptors (Lipinski definition) is 1. The van der Waals surface area contributed by atoms with Gasteiger partial charge in [-0.25, -0.2) is 0 Å². The van der Waals surface area contributed by atoms with Gasteiger partial charge < -0.3 is 5.11 Å². The van der Waals surface area contributed by atoms with Gasteiger partial charge in [-0.1, -0.05) is 42.8 Å². The van der Waals surface area contributed by atoms with Crippen LogP contribution in [0.2, 0.25) is 0 Å². The minimum atomic E-state index is -0.0328. The first-order valence-corrected chi connectivity index (χ1v) is 5.12. The Bertz CT molecular complexity index is 324. The van der Waals surface area contributed by atoms with Crippen LogP contribution >= 0.6 is 15.9 Å². The second kappa shape index (κ2) is 3.33. The molecule has 0 atom stereocenters. The molecule has 1 N–H and O–H groups in total. The van der Waals surface area contributed by atoms with Crippen LogP contribution in [0.25, 0.3) is 0 Å². The quantitative estimate of drug-likeness (QED) is 0.735. The number of aromatic hydroxyl groups is 1. The molecule has 0 bridgehead atoms. The van der Waals surface area contributed by atoms with Gasteiger partial charge in [-0.3, -0.25) is 0 Å². The van der Waals surface area contributed by atoms with Gasteiger partial charge in [-0.15, -0.1) is 0 Å². The maximum Gasteiger partial charge on any atom is 0.123 e. The summed E-state index contributed by atoms with van der Waals surface area (Å²) in [5.41, 5.74) is 1.87. The SMILES string of the molecule is Cc1ccc(Br)c(C(C)(C)C)c1O. The summed E-state index contributed by atoms with van der Waals surface area (Å²) in [6.07, 6.45) is 0. The van der Waals surface area contributed by atoms with E-state index in [9.17, 15) is 5.11 Å². The Morgan fingerprint density at radius 3 is 2.15 bits per heavy atom. The van der Waals surface area contributed by atoms with Gasteiger partial charge in [-0.2, -0.15) is 0 Å². The van der Waals surface area contributed by atoms with Gasteiger partial charge in [0.25, 0.3) is 0 Å². The van der Waals surface area contributed by atoms with E-state index in [1.54, 1.807) is 0 Å². The Morgan fingerprint density at radius 2 is 1.77 bits per heavy atom. The van der Waals surface area contributed by atoms with Gasteiger partial charge in [0.05, 0.1) is 0 Å². The Kier molecular flexibility index (Phi) is 2.71. The molecule has 0 aliphatic carbocycles. The van der Waals surface area contributed by atoms with E-state index in [0.717, 1.165) is 15.6 Å². The van der Waals surface area contributed by atoms with Crippen LogP contribution in [0.1, 0.15) is 31.9 Å². The first kappa shape index (κ1) is 10.6. The minimum absolute atomic E-state index is 0.0328. The third kappa shape index (κ3) is 2.05. The normalized spacial score (nSPS) is 11.8. The summed E-state index contributed by atoms with van der Waals surface area (Å²) in [4.78, 5) is 0. The van der Waals surface area contributed by atoms with E-state index in [4.69, 9.17) is 0 Å². The minimum Gasteiger partial charge on any atom is -0.507 e. The Morgan fingerprint density at radius 1 is 1.23 bits per heavy atom. The zero-order valence-corrected chi connectivity index (χ0v) is 10.1. The van der Waals surface area contributed by atoms with Crippen molar-refractivity contribution >= 4 is 15.9 Å². The Hall–Kier alpha value is -0.500. The maximum atomic E-state index is 9.88. The summed E-state index contributed by atoms with van der Waals surface area (Å²) >= 11 is 3.46. The summed E-state index contributed by atoms with van der Waals surface area (Å²) in [6.45, 7) is 8.18. The van der Waals surface area contributed by atoms with E-state index in [0.29, 0.717) is 5.75 Å². The average Bonchev–Trinajstić information content (AvgIpc) is 1.95. The number of rotatable bonds is 0.